The van der Waals surface area contributed by atoms with Crippen LogP contribution in [0.4, 0.5) is 0 Å². The molecule has 0 aliphatic heterocycles. The molecule has 3 nitrogen and oxygen atoms in total. The Balaban J connectivity index is 2.61. The molecule has 1 unspecified atom stereocenters. The van der Waals surface area contributed by atoms with E-state index in [1.165, 1.54) is 7.11 Å². The number of carbonyl (C=O) groups excluding carboxylic acids is 1. The van der Waals surface area contributed by atoms with Gasteiger partial charge >= 0.3 is 5.97 Å². The van der Waals surface area contributed by atoms with Crippen molar-refractivity contribution in [2.75, 3.05) is 7.11 Å². The molecule has 1 rings (SSSR count). The fourth-order valence-electron chi connectivity index (χ4n) is 1.73. The van der Waals surface area contributed by atoms with Gasteiger partial charge in [-0.05, 0) is 23.5 Å². The second-order valence-corrected chi connectivity index (χ2v) is 4.02. The summed E-state index contributed by atoms with van der Waals surface area (Å²) < 4.78 is 4.63. The maximum absolute atomic E-state index is 11.1. The molecule has 0 saturated heterocycles. The Morgan fingerprint density at radius 1 is 1.38 bits per heavy atom. The molecule has 0 bridgehead atoms. The smallest absolute Gasteiger partial charge is 0.305 e. The lowest BCUT2D eigenvalue weighted by Gasteiger charge is -2.12. The molecule has 0 amide bonds. The number of rotatable bonds is 5. The first-order chi connectivity index (χ1) is 7.67. The van der Waals surface area contributed by atoms with Crippen molar-refractivity contribution in [3.8, 4) is 0 Å². The van der Waals surface area contributed by atoms with Crippen molar-refractivity contribution in [1.82, 2.24) is 0 Å². The number of hydrogen-bond donors (Lipinski definition) is 1. The summed E-state index contributed by atoms with van der Waals surface area (Å²) in [5.41, 5.74) is 2.03. The molecule has 0 fully saturated rings. The zero-order valence-electron chi connectivity index (χ0n) is 9.77. The van der Waals surface area contributed by atoms with Crippen molar-refractivity contribution in [3.05, 3.63) is 35.4 Å². The standard InChI is InChI=1S/C13H18O3/c1-10(8-13(15)16-2)7-11-5-3-4-6-12(11)9-14/h3-6,10,14H,7-9H2,1-2H3. The van der Waals surface area contributed by atoms with Gasteiger partial charge in [-0.2, -0.15) is 0 Å². The Morgan fingerprint density at radius 2 is 2.00 bits per heavy atom. The van der Waals surface area contributed by atoms with Gasteiger partial charge in [-0.15, -0.1) is 0 Å². The van der Waals surface area contributed by atoms with Crippen LogP contribution in [0.25, 0.3) is 0 Å². The average Bonchev–Trinajstić information content (AvgIpc) is 2.29. The van der Waals surface area contributed by atoms with Crippen LogP contribution in [-0.4, -0.2) is 18.2 Å². The number of hydrogen-bond acceptors (Lipinski definition) is 3. The fourth-order valence-corrected chi connectivity index (χ4v) is 1.73. The van der Waals surface area contributed by atoms with Gasteiger partial charge in [0.2, 0.25) is 0 Å². The minimum absolute atomic E-state index is 0.0428. The molecule has 0 spiro atoms. The summed E-state index contributed by atoms with van der Waals surface area (Å²) in [5, 5.41) is 9.17. The third-order valence-corrected chi connectivity index (χ3v) is 2.60. The zero-order chi connectivity index (χ0) is 12.0. The van der Waals surface area contributed by atoms with E-state index in [0.717, 1.165) is 17.5 Å². The SMILES string of the molecule is COC(=O)CC(C)Cc1ccccc1CO. The molecule has 16 heavy (non-hydrogen) atoms. The van der Waals surface area contributed by atoms with Crippen LogP contribution >= 0.6 is 0 Å². The van der Waals surface area contributed by atoms with E-state index in [1.807, 2.05) is 31.2 Å². The van der Waals surface area contributed by atoms with Gasteiger partial charge in [0.25, 0.3) is 0 Å². The highest BCUT2D eigenvalue weighted by atomic mass is 16.5. The average molecular weight is 222 g/mol. The van der Waals surface area contributed by atoms with E-state index in [9.17, 15) is 4.79 Å². The third kappa shape index (κ3) is 3.66. The predicted molar refractivity (Wildman–Crippen MR) is 61.9 cm³/mol. The molecular formula is C13H18O3. The zero-order valence-corrected chi connectivity index (χ0v) is 9.77. The van der Waals surface area contributed by atoms with Crippen molar-refractivity contribution in [2.24, 2.45) is 5.92 Å². The Labute approximate surface area is 96.1 Å². The van der Waals surface area contributed by atoms with Crippen LogP contribution in [0.5, 0.6) is 0 Å². The summed E-state index contributed by atoms with van der Waals surface area (Å²) >= 11 is 0. The van der Waals surface area contributed by atoms with Gasteiger partial charge in [0.15, 0.2) is 0 Å². The first-order valence-corrected chi connectivity index (χ1v) is 5.41. The van der Waals surface area contributed by atoms with E-state index < -0.39 is 0 Å². The van der Waals surface area contributed by atoms with Crippen molar-refractivity contribution in [3.63, 3.8) is 0 Å². The summed E-state index contributed by atoms with van der Waals surface area (Å²) in [5.74, 6) is 0.0362. The monoisotopic (exact) mass is 222 g/mol. The summed E-state index contributed by atoms with van der Waals surface area (Å²) in [6.07, 6.45) is 1.20. The summed E-state index contributed by atoms with van der Waals surface area (Å²) in [6.45, 7) is 2.05. The van der Waals surface area contributed by atoms with E-state index >= 15 is 0 Å². The highest BCUT2D eigenvalue weighted by Crippen LogP contribution is 2.16. The summed E-state index contributed by atoms with van der Waals surface area (Å²) in [7, 11) is 1.40. The maximum atomic E-state index is 11.1. The van der Waals surface area contributed by atoms with Gasteiger partial charge in [-0.3, -0.25) is 4.79 Å². The van der Waals surface area contributed by atoms with Crippen molar-refractivity contribution in [2.45, 2.75) is 26.4 Å². The van der Waals surface area contributed by atoms with Gasteiger partial charge in [0.05, 0.1) is 13.7 Å². The highest BCUT2D eigenvalue weighted by molar-refractivity contribution is 5.69. The molecule has 0 aromatic heterocycles. The van der Waals surface area contributed by atoms with Gasteiger partial charge in [0, 0.05) is 6.42 Å². The van der Waals surface area contributed by atoms with E-state index in [0.29, 0.717) is 6.42 Å². The lowest BCUT2D eigenvalue weighted by molar-refractivity contribution is -0.141. The van der Waals surface area contributed by atoms with Crippen molar-refractivity contribution < 1.29 is 14.6 Å². The Kier molecular flexibility index (Phi) is 4.99. The number of aliphatic hydroxyl groups excluding tert-OH is 1. The Morgan fingerprint density at radius 3 is 2.56 bits per heavy atom. The first kappa shape index (κ1) is 12.7. The molecule has 0 aliphatic carbocycles. The van der Waals surface area contributed by atoms with Gasteiger partial charge in [-0.25, -0.2) is 0 Å². The van der Waals surface area contributed by atoms with Gasteiger partial charge in [0.1, 0.15) is 0 Å². The molecule has 3 heteroatoms. The third-order valence-electron chi connectivity index (χ3n) is 2.60. The van der Waals surface area contributed by atoms with Crippen molar-refractivity contribution in [1.29, 1.82) is 0 Å². The lowest BCUT2D eigenvalue weighted by atomic mass is 9.95. The fraction of sp³-hybridized carbons (Fsp3) is 0.462. The number of benzene rings is 1. The molecule has 0 saturated carbocycles. The van der Waals surface area contributed by atoms with E-state index in [1.54, 1.807) is 0 Å². The van der Waals surface area contributed by atoms with Crippen molar-refractivity contribution >= 4 is 5.97 Å². The second kappa shape index (κ2) is 6.28. The second-order valence-electron chi connectivity index (χ2n) is 4.02. The molecule has 0 aliphatic rings. The molecule has 0 heterocycles. The van der Waals surface area contributed by atoms with Crippen LogP contribution in [0.2, 0.25) is 0 Å². The number of esters is 1. The normalized spacial score (nSPS) is 12.2. The first-order valence-electron chi connectivity index (χ1n) is 5.41. The van der Waals surface area contributed by atoms with Gasteiger partial charge in [-0.1, -0.05) is 31.2 Å². The van der Waals surface area contributed by atoms with Crippen LogP contribution in [-0.2, 0) is 22.6 Å². The largest absolute Gasteiger partial charge is 0.469 e. The number of aliphatic hydroxyl groups is 1. The van der Waals surface area contributed by atoms with E-state index in [4.69, 9.17) is 5.11 Å². The molecule has 1 atom stereocenters. The minimum Gasteiger partial charge on any atom is -0.469 e. The Hall–Kier alpha value is -1.35. The highest BCUT2D eigenvalue weighted by Gasteiger charge is 2.11. The van der Waals surface area contributed by atoms with E-state index in [2.05, 4.69) is 4.74 Å². The molecule has 1 aromatic carbocycles. The maximum Gasteiger partial charge on any atom is 0.305 e. The van der Waals surface area contributed by atoms with Crippen LogP contribution in [0, 0.1) is 5.92 Å². The van der Waals surface area contributed by atoms with Crippen LogP contribution in [0.1, 0.15) is 24.5 Å². The topological polar surface area (TPSA) is 46.5 Å². The summed E-state index contributed by atoms with van der Waals surface area (Å²) in [4.78, 5) is 11.1. The number of ether oxygens (including phenoxy) is 1. The van der Waals surface area contributed by atoms with Crippen LogP contribution in [0.15, 0.2) is 24.3 Å². The molecular weight excluding hydrogens is 204 g/mol. The Bertz CT molecular complexity index is 347. The quantitative estimate of drug-likeness (QED) is 0.774. The predicted octanol–water partition coefficient (Wildman–Crippen LogP) is 1.92. The molecule has 0 radical (unpaired) electrons. The lowest BCUT2D eigenvalue weighted by Crippen LogP contribution is -2.10. The molecule has 88 valence electrons. The van der Waals surface area contributed by atoms with Crippen LogP contribution in [0.3, 0.4) is 0 Å². The summed E-state index contributed by atoms with van der Waals surface area (Å²) in [6, 6.07) is 7.74. The molecule has 1 aromatic rings. The van der Waals surface area contributed by atoms with Gasteiger partial charge < -0.3 is 9.84 Å². The number of carbonyl (C=O) groups is 1. The minimum atomic E-state index is -0.186. The van der Waals surface area contributed by atoms with Crippen LogP contribution < -0.4 is 0 Å². The van der Waals surface area contributed by atoms with E-state index in [-0.39, 0.29) is 18.5 Å². The number of methoxy groups -OCH3 is 1. The molecule has 1 N–H and O–H groups in total.